The number of para-hydroxylation sites is 1. The van der Waals surface area contributed by atoms with E-state index in [1.807, 2.05) is 24.3 Å². The summed E-state index contributed by atoms with van der Waals surface area (Å²) in [6, 6.07) is 9.39. The van der Waals surface area contributed by atoms with E-state index in [1.165, 1.54) is 12.3 Å². The topological polar surface area (TPSA) is 85.1 Å². The number of rotatable bonds is 6. The standard InChI is InChI=1S/C13H13N3O3S2/c17-21(18,9-10-6-8-19-16-10)14-7-5-13-15-11-3-1-2-4-12(11)20-13/h1-4,6,8,14H,5,7,9H2. The van der Waals surface area contributed by atoms with Gasteiger partial charge >= 0.3 is 0 Å². The molecule has 0 atom stereocenters. The van der Waals surface area contributed by atoms with Gasteiger partial charge in [0.15, 0.2) is 0 Å². The SMILES string of the molecule is O=S(=O)(Cc1ccon1)NCCc1nc2ccccc2s1. The molecule has 0 aliphatic heterocycles. The number of hydrogen-bond acceptors (Lipinski definition) is 6. The highest BCUT2D eigenvalue weighted by molar-refractivity contribution is 7.88. The number of thiazole rings is 1. The largest absolute Gasteiger partial charge is 0.364 e. The highest BCUT2D eigenvalue weighted by Gasteiger charge is 2.13. The third-order valence-electron chi connectivity index (χ3n) is 2.83. The molecule has 0 aliphatic carbocycles. The first kappa shape index (κ1) is 14.2. The summed E-state index contributed by atoms with van der Waals surface area (Å²) in [5.74, 6) is -0.177. The first-order valence-corrected chi connectivity index (χ1v) is 8.80. The Bertz CT molecular complexity index is 792. The van der Waals surface area contributed by atoms with E-state index in [-0.39, 0.29) is 5.75 Å². The summed E-state index contributed by atoms with van der Waals surface area (Å²) in [7, 11) is -3.40. The smallest absolute Gasteiger partial charge is 0.217 e. The Labute approximate surface area is 125 Å². The Hall–Kier alpha value is -1.77. The van der Waals surface area contributed by atoms with Crippen molar-refractivity contribution < 1.29 is 12.9 Å². The zero-order valence-electron chi connectivity index (χ0n) is 11.0. The van der Waals surface area contributed by atoms with Crippen molar-refractivity contribution in [2.75, 3.05) is 6.54 Å². The molecule has 2 aromatic heterocycles. The molecule has 0 aliphatic rings. The summed E-state index contributed by atoms with van der Waals surface area (Å²) in [6.07, 6.45) is 1.92. The third kappa shape index (κ3) is 3.66. The zero-order valence-corrected chi connectivity index (χ0v) is 12.7. The summed E-state index contributed by atoms with van der Waals surface area (Å²) < 4.78 is 32.0. The van der Waals surface area contributed by atoms with Gasteiger partial charge in [0.25, 0.3) is 0 Å². The average molecular weight is 323 g/mol. The maximum Gasteiger partial charge on any atom is 0.217 e. The molecule has 0 radical (unpaired) electrons. The minimum Gasteiger partial charge on any atom is -0.364 e. The predicted molar refractivity (Wildman–Crippen MR) is 80.5 cm³/mol. The maximum atomic E-state index is 11.9. The first-order chi connectivity index (χ1) is 10.1. The molecular formula is C13H13N3O3S2. The molecule has 21 heavy (non-hydrogen) atoms. The van der Waals surface area contributed by atoms with Gasteiger partial charge < -0.3 is 4.52 Å². The van der Waals surface area contributed by atoms with Crippen molar-refractivity contribution in [3.63, 3.8) is 0 Å². The van der Waals surface area contributed by atoms with Crippen molar-refractivity contribution in [3.05, 3.63) is 47.3 Å². The van der Waals surface area contributed by atoms with Crippen molar-refractivity contribution in [1.29, 1.82) is 0 Å². The number of sulfonamides is 1. The fraction of sp³-hybridized carbons (Fsp3) is 0.231. The summed E-state index contributed by atoms with van der Waals surface area (Å²) in [6.45, 7) is 0.319. The molecular weight excluding hydrogens is 310 g/mol. The van der Waals surface area contributed by atoms with Crippen molar-refractivity contribution in [2.24, 2.45) is 0 Å². The summed E-state index contributed by atoms with van der Waals surface area (Å²) >= 11 is 1.58. The van der Waals surface area contributed by atoms with Gasteiger partial charge in [-0.05, 0) is 12.1 Å². The van der Waals surface area contributed by atoms with Gasteiger partial charge in [0.05, 0.1) is 20.9 Å². The average Bonchev–Trinajstić information content (AvgIpc) is 3.06. The second kappa shape index (κ2) is 5.92. The van der Waals surface area contributed by atoms with E-state index in [0.29, 0.717) is 18.7 Å². The van der Waals surface area contributed by atoms with Crippen LogP contribution in [0.2, 0.25) is 0 Å². The third-order valence-corrected chi connectivity index (χ3v) is 5.24. The molecule has 2 heterocycles. The second-order valence-corrected chi connectivity index (χ2v) is 7.39. The van der Waals surface area contributed by atoms with E-state index in [1.54, 1.807) is 11.3 Å². The van der Waals surface area contributed by atoms with Crippen LogP contribution >= 0.6 is 11.3 Å². The highest BCUT2D eigenvalue weighted by atomic mass is 32.2. The molecule has 0 saturated heterocycles. The lowest BCUT2D eigenvalue weighted by molar-refractivity contribution is 0.413. The van der Waals surface area contributed by atoms with Crippen LogP contribution < -0.4 is 4.72 Å². The van der Waals surface area contributed by atoms with Gasteiger partial charge in [0.1, 0.15) is 12.0 Å². The summed E-state index contributed by atoms with van der Waals surface area (Å²) in [5, 5.41) is 4.51. The van der Waals surface area contributed by atoms with Gasteiger partial charge in [-0.1, -0.05) is 17.3 Å². The Morgan fingerprint density at radius 1 is 1.24 bits per heavy atom. The van der Waals surface area contributed by atoms with Gasteiger partial charge in [-0.15, -0.1) is 11.3 Å². The highest BCUT2D eigenvalue weighted by Crippen LogP contribution is 2.21. The zero-order chi connectivity index (χ0) is 14.7. The molecule has 0 spiro atoms. The van der Waals surface area contributed by atoms with Crippen LogP contribution in [0.4, 0.5) is 0 Å². The molecule has 0 fully saturated rings. The Balaban J connectivity index is 1.58. The van der Waals surface area contributed by atoms with E-state index in [0.717, 1.165) is 15.2 Å². The molecule has 0 bridgehead atoms. The van der Waals surface area contributed by atoms with Gasteiger partial charge in [-0.25, -0.2) is 18.1 Å². The van der Waals surface area contributed by atoms with Crippen LogP contribution in [0, 0.1) is 0 Å². The van der Waals surface area contributed by atoms with Crippen LogP contribution in [-0.4, -0.2) is 25.1 Å². The maximum absolute atomic E-state index is 11.9. The number of nitrogens with one attached hydrogen (secondary N) is 1. The van der Waals surface area contributed by atoms with Crippen LogP contribution in [-0.2, 0) is 22.2 Å². The molecule has 0 saturated carbocycles. The predicted octanol–water partition coefficient (Wildman–Crippen LogP) is 1.95. The van der Waals surface area contributed by atoms with Crippen LogP contribution in [0.1, 0.15) is 10.7 Å². The molecule has 0 unspecified atom stereocenters. The molecule has 0 amide bonds. The van der Waals surface area contributed by atoms with E-state index in [4.69, 9.17) is 0 Å². The Morgan fingerprint density at radius 2 is 2.10 bits per heavy atom. The molecule has 110 valence electrons. The fourth-order valence-electron chi connectivity index (χ4n) is 1.90. The number of benzene rings is 1. The molecule has 1 aromatic carbocycles. The van der Waals surface area contributed by atoms with E-state index >= 15 is 0 Å². The molecule has 1 N–H and O–H groups in total. The fourth-order valence-corrected chi connectivity index (χ4v) is 3.92. The quantitative estimate of drug-likeness (QED) is 0.749. The summed E-state index contributed by atoms with van der Waals surface area (Å²) in [4.78, 5) is 4.46. The minimum absolute atomic E-state index is 0.177. The normalized spacial score (nSPS) is 12.0. The van der Waals surface area contributed by atoms with Crippen molar-refractivity contribution in [1.82, 2.24) is 14.9 Å². The van der Waals surface area contributed by atoms with Gasteiger partial charge in [0, 0.05) is 19.0 Å². The Kier molecular flexibility index (Phi) is 4.00. The minimum atomic E-state index is -3.40. The first-order valence-electron chi connectivity index (χ1n) is 6.33. The van der Waals surface area contributed by atoms with Crippen molar-refractivity contribution in [2.45, 2.75) is 12.2 Å². The number of fused-ring (bicyclic) bond motifs is 1. The van der Waals surface area contributed by atoms with Crippen LogP contribution in [0.5, 0.6) is 0 Å². The lowest BCUT2D eigenvalue weighted by Gasteiger charge is -2.03. The lowest BCUT2D eigenvalue weighted by Crippen LogP contribution is -2.27. The van der Waals surface area contributed by atoms with E-state index in [9.17, 15) is 8.42 Å². The molecule has 3 aromatic rings. The van der Waals surface area contributed by atoms with Crippen molar-refractivity contribution >= 4 is 31.6 Å². The number of nitrogens with zero attached hydrogens (tertiary/aromatic N) is 2. The number of hydrogen-bond donors (Lipinski definition) is 1. The molecule has 3 rings (SSSR count). The van der Waals surface area contributed by atoms with Crippen LogP contribution in [0.3, 0.4) is 0 Å². The number of aromatic nitrogens is 2. The monoisotopic (exact) mass is 323 g/mol. The van der Waals surface area contributed by atoms with Crippen LogP contribution in [0.25, 0.3) is 10.2 Å². The van der Waals surface area contributed by atoms with E-state index < -0.39 is 10.0 Å². The van der Waals surface area contributed by atoms with Crippen LogP contribution in [0.15, 0.2) is 41.1 Å². The summed E-state index contributed by atoms with van der Waals surface area (Å²) in [5.41, 5.74) is 1.34. The Morgan fingerprint density at radius 3 is 2.86 bits per heavy atom. The van der Waals surface area contributed by atoms with Gasteiger partial charge in [0.2, 0.25) is 10.0 Å². The van der Waals surface area contributed by atoms with Gasteiger partial charge in [-0.2, -0.15) is 0 Å². The second-order valence-electron chi connectivity index (χ2n) is 4.47. The van der Waals surface area contributed by atoms with Gasteiger partial charge in [-0.3, -0.25) is 0 Å². The van der Waals surface area contributed by atoms with E-state index in [2.05, 4.69) is 19.4 Å². The molecule has 8 heteroatoms. The molecule has 6 nitrogen and oxygen atoms in total. The van der Waals surface area contributed by atoms with Crippen molar-refractivity contribution in [3.8, 4) is 0 Å². The lowest BCUT2D eigenvalue weighted by atomic mass is 10.3.